The van der Waals surface area contributed by atoms with Crippen molar-refractivity contribution < 1.29 is 9.59 Å². The number of amidine groups is 1. The Balaban J connectivity index is 1.51. The third-order valence-electron chi connectivity index (χ3n) is 6.83. The van der Waals surface area contributed by atoms with Crippen molar-refractivity contribution in [3.8, 4) is 0 Å². The first kappa shape index (κ1) is 20.0. The van der Waals surface area contributed by atoms with E-state index in [4.69, 9.17) is 4.99 Å². The maximum Gasteiger partial charge on any atom is 0.328 e. The van der Waals surface area contributed by atoms with Crippen molar-refractivity contribution >= 4 is 28.5 Å². The van der Waals surface area contributed by atoms with Gasteiger partial charge >= 0.3 is 6.03 Å². The van der Waals surface area contributed by atoms with Crippen LogP contribution in [0.3, 0.4) is 0 Å². The van der Waals surface area contributed by atoms with Crippen molar-refractivity contribution in [2.45, 2.75) is 38.0 Å². The number of aliphatic imine (C=N–C) groups is 1. The summed E-state index contributed by atoms with van der Waals surface area (Å²) in [5, 5.41) is 2.37. The first-order chi connectivity index (χ1) is 15.0. The number of amides is 3. The Morgan fingerprint density at radius 3 is 2.48 bits per heavy atom. The fraction of sp³-hybridized carbons (Fsp3) is 0.458. The number of carbonyl (C=O) groups is 2. The van der Waals surface area contributed by atoms with Gasteiger partial charge in [-0.25, -0.2) is 9.79 Å². The number of imide groups is 1. The molecule has 0 aliphatic carbocycles. The van der Waals surface area contributed by atoms with E-state index in [1.807, 2.05) is 12.1 Å². The lowest BCUT2D eigenvalue weighted by molar-refractivity contribution is -0.136. The number of rotatable bonds is 4. The normalized spacial score (nSPS) is 24.7. The molecule has 0 saturated carbocycles. The number of fused-ring (bicyclic) bond motifs is 2. The Bertz CT molecular complexity index is 1040. The second-order valence-electron chi connectivity index (χ2n) is 8.80. The molecule has 2 fully saturated rings. The number of carbonyl (C=O) groups excluding carboxylic acids is 2. The van der Waals surface area contributed by atoms with E-state index in [-0.39, 0.29) is 11.9 Å². The average Bonchev–Trinajstić information content (AvgIpc) is 3.15. The maximum atomic E-state index is 13.2. The van der Waals surface area contributed by atoms with Crippen molar-refractivity contribution in [1.82, 2.24) is 19.6 Å². The smallest absolute Gasteiger partial charge is 0.328 e. The quantitative estimate of drug-likeness (QED) is 0.765. The minimum atomic E-state index is -0.480. The van der Waals surface area contributed by atoms with Crippen molar-refractivity contribution in [1.29, 1.82) is 0 Å². The van der Waals surface area contributed by atoms with Gasteiger partial charge < -0.3 is 9.80 Å². The van der Waals surface area contributed by atoms with Crippen LogP contribution in [0.2, 0.25) is 0 Å². The lowest BCUT2D eigenvalue weighted by atomic mass is 10.0. The molecular weight excluding hydrogens is 390 g/mol. The third kappa shape index (κ3) is 3.47. The van der Waals surface area contributed by atoms with Crippen molar-refractivity contribution in [3.05, 3.63) is 48.0 Å². The molecule has 0 N–H and O–H groups in total. The van der Waals surface area contributed by atoms with Gasteiger partial charge in [0.15, 0.2) is 12.2 Å². The van der Waals surface area contributed by atoms with Crippen LogP contribution in [0.5, 0.6) is 0 Å². The fourth-order valence-electron chi connectivity index (χ4n) is 5.07. The number of likely N-dealkylation sites (N-methyl/N-ethyl adjacent to an activating group) is 2. The molecule has 2 unspecified atom stereocenters. The van der Waals surface area contributed by atoms with Gasteiger partial charge in [0.1, 0.15) is 5.84 Å². The van der Waals surface area contributed by atoms with Crippen molar-refractivity contribution in [3.63, 3.8) is 0 Å². The number of benzene rings is 2. The minimum Gasteiger partial charge on any atom is -0.339 e. The molecule has 0 spiro atoms. The Morgan fingerprint density at radius 2 is 1.68 bits per heavy atom. The van der Waals surface area contributed by atoms with Crippen LogP contribution in [0.25, 0.3) is 10.8 Å². The molecule has 0 radical (unpaired) electrons. The molecule has 3 amide bonds. The standard InChI is InChI=1S/C24H29N5O2/c1-26-22-21(23(30)27(2)24(26)31)29(20(25-22)16-28-13-6-3-7-14-28)15-18-11-8-10-17-9-4-5-12-19(17)18/h4-5,8-12,21-22H,3,6-7,13-16H2,1-2H3. The van der Waals surface area contributed by atoms with Gasteiger partial charge in [0.05, 0.1) is 6.54 Å². The summed E-state index contributed by atoms with van der Waals surface area (Å²) in [4.78, 5) is 38.1. The number of hydrogen-bond acceptors (Lipinski definition) is 5. The van der Waals surface area contributed by atoms with Gasteiger partial charge in [-0.05, 0) is 42.3 Å². The lowest BCUT2D eigenvalue weighted by Crippen LogP contribution is -2.64. The van der Waals surface area contributed by atoms with E-state index < -0.39 is 12.2 Å². The summed E-state index contributed by atoms with van der Waals surface area (Å²) in [6, 6.07) is 13.9. The van der Waals surface area contributed by atoms with Gasteiger partial charge in [-0.2, -0.15) is 0 Å². The highest BCUT2D eigenvalue weighted by Crippen LogP contribution is 2.30. The summed E-state index contributed by atoms with van der Waals surface area (Å²) >= 11 is 0. The Hall–Kier alpha value is -2.93. The van der Waals surface area contributed by atoms with Gasteiger partial charge in [-0.3, -0.25) is 14.6 Å². The highest BCUT2D eigenvalue weighted by Gasteiger charge is 2.51. The number of likely N-dealkylation sites (tertiary alicyclic amines) is 1. The van der Waals surface area contributed by atoms with Crippen LogP contribution < -0.4 is 0 Å². The summed E-state index contributed by atoms with van der Waals surface area (Å²) < 4.78 is 0. The zero-order valence-electron chi connectivity index (χ0n) is 18.2. The Kier molecular flexibility index (Phi) is 5.14. The van der Waals surface area contributed by atoms with Crippen LogP contribution >= 0.6 is 0 Å². The van der Waals surface area contributed by atoms with Crippen molar-refractivity contribution in [2.24, 2.45) is 4.99 Å². The van der Waals surface area contributed by atoms with E-state index in [9.17, 15) is 9.59 Å². The summed E-state index contributed by atoms with van der Waals surface area (Å²) in [5.74, 6) is 0.735. The largest absolute Gasteiger partial charge is 0.339 e. The number of hydrogen-bond donors (Lipinski definition) is 0. The first-order valence-corrected chi connectivity index (χ1v) is 11.1. The molecule has 31 heavy (non-hydrogen) atoms. The Morgan fingerprint density at radius 1 is 0.935 bits per heavy atom. The van der Waals surface area contributed by atoms with Gasteiger partial charge in [0.25, 0.3) is 5.91 Å². The highest BCUT2D eigenvalue weighted by molar-refractivity contribution is 6.04. The second kappa shape index (κ2) is 7.96. The molecule has 2 atom stereocenters. The predicted molar refractivity (Wildman–Crippen MR) is 121 cm³/mol. The van der Waals surface area contributed by atoms with Gasteiger partial charge in [-0.1, -0.05) is 48.9 Å². The third-order valence-corrected chi connectivity index (χ3v) is 6.83. The second-order valence-corrected chi connectivity index (χ2v) is 8.80. The molecule has 2 saturated heterocycles. The van der Waals surface area contributed by atoms with Crippen LogP contribution in [0.1, 0.15) is 24.8 Å². The molecule has 2 aromatic rings. The average molecular weight is 420 g/mol. The predicted octanol–water partition coefficient (Wildman–Crippen LogP) is 2.76. The molecule has 3 heterocycles. The topological polar surface area (TPSA) is 59.5 Å². The minimum absolute atomic E-state index is 0.175. The molecule has 5 rings (SSSR count). The number of piperidine rings is 1. The molecule has 7 nitrogen and oxygen atoms in total. The van der Waals surface area contributed by atoms with E-state index in [0.29, 0.717) is 6.54 Å². The SMILES string of the molecule is CN1C(=O)C2C(N=C(CN3CCCCC3)N2Cc2cccc3ccccc23)N(C)C1=O. The molecule has 2 aromatic carbocycles. The maximum absolute atomic E-state index is 13.2. The molecule has 162 valence electrons. The fourth-order valence-corrected chi connectivity index (χ4v) is 5.07. The number of urea groups is 1. The summed E-state index contributed by atoms with van der Waals surface area (Å²) in [6.45, 7) is 3.42. The summed E-state index contributed by atoms with van der Waals surface area (Å²) in [5.41, 5.74) is 1.17. The zero-order chi connectivity index (χ0) is 21.5. The van der Waals surface area contributed by atoms with Gasteiger partial charge in [0, 0.05) is 20.6 Å². The van der Waals surface area contributed by atoms with Crippen LogP contribution in [0.15, 0.2) is 47.5 Å². The zero-order valence-corrected chi connectivity index (χ0v) is 18.2. The summed E-state index contributed by atoms with van der Waals surface area (Å²) in [6.07, 6.45) is 3.20. The van der Waals surface area contributed by atoms with Gasteiger partial charge in [-0.15, -0.1) is 0 Å². The highest BCUT2D eigenvalue weighted by atomic mass is 16.2. The molecule has 3 aliphatic heterocycles. The molecular formula is C24H29N5O2. The Labute approximate surface area is 182 Å². The first-order valence-electron chi connectivity index (χ1n) is 11.1. The van der Waals surface area contributed by atoms with Crippen molar-refractivity contribution in [2.75, 3.05) is 33.7 Å². The van der Waals surface area contributed by atoms with Crippen LogP contribution in [0.4, 0.5) is 4.79 Å². The molecule has 3 aliphatic rings. The molecule has 0 aromatic heterocycles. The van der Waals surface area contributed by atoms with E-state index >= 15 is 0 Å². The monoisotopic (exact) mass is 419 g/mol. The van der Waals surface area contributed by atoms with Crippen LogP contribution in [-0.4, -0.2) is 83.3 Å². The number of nitrogens with zero attached hydrogens (tertiary/aromatic N) is 5. The molecule has 7 heteroatoms. The van der Waals surface area contributed by atoms with E-state index in [0.717, 1.165) is 25.5 Å². The lowest BCUT2D eigenvalue weighted by Gasteiger charge is -2.40. The van der Waals surface area contributed by atoms with Crippen LogP contribution in [0, 0.1) is 0 Å². The van der Waals surface area contributed by atoms with E-state index in [1.54, 1.807) is 19.0 Å². The van der Waals surface area contributed by atoms with E-state index in [2.05, 4.69) is 40.1 Å². The summed E-state index contributed by atoms with van der Waals surface area (Å²) in [7, 11) is 3.31. The van der Waals surface area contributed by atoms with Crippen LogP contribution in [-0.2, 0) is 11.3 Å². The molecule has 0 bridgehead atoms. The van der Waals surface area contributed by atoms with E-state index in [1.165, 1.54) is 40.5 Å². The van der Waals surface area contributed by atoms with Gasteiger partial charge in [0.2, 0.25) is 0 Å².